The van der Waals surface area contributed by atoms with E-state index >= 15 is 0 Å². The van der Waals surface area contributed by atoms with E-state index in [4.69, 9.17) is 22.1 Å². The fraction of sp³-hybridized carbons (Fsp3) is 0.562. The van der Waals surface area contributed by atoms with Crippen molar-refractivity contribution in [1.82, 2.24) is 0 Å². The Kier molecular flexibility index (Phi) is 6.82. The highest BCUT2D eigenvalue weighted by Gasteiger charge is 2.23. The summed E-state index contributed by atoms with van der Waals surface area (Å²) >= 11 is 6.38. The fourth-order valence-electron chi connectivity index (χ4n) is 2.28. The largest absolute Gasteiger partial charge is 0.465 e. The van der Waals surface area contributed by atoms with Gasteiger partial charge in [0, 0.05) is 18.3 Å². The normalized spacial score (nSPS) is 12.0. The highest BCUT2D eigenvalue weighted by atomic mass is 35.5. The number of benzene rings is 1. The van der Waals surface area contributed by atoms with Crippen LogP contribution in [0.1, 0.15) is 50.4 Å². The number of ether oxygens (including phenoxy) is 1. The van der Waals surface area contributed by atoms with E-state index in [1.807, 2.05) is 0 Å². The zero-order valence-corrected chi connectivity index (χ0v) is 14.0. The minimum absolute atomic E-state index is 0.279. The maximum Gasteiger partial charge on any atom is 0.340 e. The molecule has 0 aliphatic rings. The van der Waals surface area contributed by atoms with Gasteiger partial charge in [-0.25, -0.2) is 4.79 Å². The number of carbonyl (C=O) groups excluding carboxylic acids is 1. The van der Waals surface area contributed by atoms with Crippen LogP contribution in [0.15, 0.2) is 12.1 Å². The average molecular weight is 313 g/mol. The van der Waals surface area contributed by atoms with E-state index in [1.54, 1.807) is 12.1 Å². The molecule has 2 N–H and O–H groups in total. The predicted molar refractivity (Wildman–Crippen MR) is 89.2 cm³/mol. The summed E-state index contributed by atoms with van der Waals surface area (Å²) in [5, 5.41) is 0.492. The molecule has 0 aromatic heterocycles. The van der Waals surface area contributed by atoms with Gasteiger partial charge in [0.05, 0.1) is 23.4 Å². The summed E-state index contributed by atoms with van der Waals surface area (Å²) in [6, 6.07) is 3.60. The summed E-state index contributed by atoms with van der Waals surface area (Å²) in [6.45, 7) is 7.23. The second-order valence-electron chi connectivity index (χ2n) is 5.19. The quantitative estimate of drug-likeness (QED) is 0.608. The molecule has 1 unspecified atom stereocenters. The van der Waals surface area contributed by atoms with Crippen LogP contribution in [-0.4, -0.2) is 25.7 Å². The van der Waals surface area contributed by atoms with Crippen molar-refractivity contribution >= 4 is 28.9 Å². The van der Waals surface area contributed by atoms with Crippen molar-refractivity contribution in [2.45, 2.75) is 46.1 Å². The van der Waals surface area contributed by atoms with Gasteiger partial charge in [-0.3, -0.25) is 0 Å². The molecule has 118 valence electrons. The third-order valence-corrected chi connectivity index (χ3v) is 3.94. The van der Waals surface area contributed by atoms with Gasteiger partial charge >= 0.3 is 5.97 Å². The molecule has 1 aromatic carbocycles. The van der Waals surface area contributed by atoms with Crippen LogP contribution in [-0.2, 0) is 4.74 Å². The van der Waals surface area contributed by atoms with Gasteiger partial charge in [0.2, 0.25) is 0 Å². The molecule has 5 heteroatoms. The van der Waals surface area contributed by atoms with Gasteiger partial charge in [-0.15, -0.1) is 0 Å². The number of unbranched alkanes of at least 4 members (excludes halogenated alkanes) is 1. The Morgan fingerprint density at radius 3 is 2.62 bits per heavy atom. The van der Waals surface area contributed by atoms with Crippen LogP contribution in [0.25, 0.3) is 0 Å². The van der Waals surface area contributed by atoms with Crippen molar-refractivity contribution in [1.29, 1.82) is 0 Å². The number of halogens is 1. The fourth-order valence-corrected chi connectivity index (χ4v) is 2.62. The summed E-state index contributed by atoms with van der Waals surface area (Å²) in [5.74, 6) is -0.413. The molecule has 0 spiro atoms. The lowest BCUT2D eigenvalue weighted by molar-refractivity contribution is 0.0601. The Hall–Kier alpha value is -1.42. The predicted octanol–water partition coefficient (Wildman–Crippen LogP) is 4.11. The van der Waals surface area contributed by atoms with Crippen molar-refractivity contribution < 1.29 is 9.53 Å². The Morgan fingerprint density at radius 2 is 2.10 bits per heavy atom. The molecular formula is C16H25ClN2O2. The number of methoxy groups -OCH3 is 1. The molecule has 1 aromatic rings. The van der Waals surface area contributed by atoms with Crippen LogP contribution in [0.4, 0.5) is 11.4 Å². The zero-order valence-electron chi connectivity index (χ0n) is 13.3. The summed E-state index contributed by atoms with van der Waals surface area (Å²) < 4.78 is 4.88. The molecule has 0 bridgehead atoms. The molecule has 1 atom stereocenters. The molecule has 1 rings (SSSR count). The van der Waals surface area contributed by atoms with E-state index in [0.29, 0.717) is 16.3 Å². The Morgan fingerprint density at radius 1 is 1.43 bits per heavy atom. The molecule has 0 aliphatic heterocycles. The van der Waals surface area contributed by atoms with Crippen LogP contribution in [0.5, 0.6) is 0 Å². The van der Waals surface area contributed by atoms with Gasteiger partial charge in [0.15, 0.2) is 0 Å². The number of esters is 1. The number of rotatable bonds is 7. The Balaban J connectivity index is 3.37. The minimum Gasteiger partial charge on any atom is -0.465 e. The number of nitrogens with two attached hydrogens (primary N) is 1. The van der Waals surface area contributed by atoms with E-state index in [0.717, 1.165) is 31.5 Å². The average Bonchev–Trinajstić information content (AvgIpc) is 2.47. The van der Waals surface area contributed by atoms with E-state index in [-0.39, 0.29) is 6.04 Å². The van der Waals surface area contributed by atoms with Crippen LogP contribution >= 0.6 is 11.6 Å². The molecule has 0 aliphatic carbocycles. The SMILES string of the molecule is CCCCN(c1c(Cl)cc(N)cc1C(=O)OC)C(C)CC. The second kappa shape index (κ2) is 8.13. The summed E-state index contributed by atoms with van der Waals surface area (Å²) in [4.78, 5) is 14.2. The van der Waals surface area contributed by atoms with E-state index in [9.17, 15) is 4.79 Å². The van der Waals surface area contributed by atoms with Crippen molar-refractivity contribution in [2.24, 2.45) is 0 Å². The molecule has 0 saturated carbocycles. The molecule has 0 amide bonds. The first-order valence-corrected chi connectivity index (χ1v) is 7.77. The molecule has 0 fully saturated rings. The molecule has 0 radical (unpaired) electrons. The van der Waals surface area contributed by atoms with Crippen molar-refractivity contribution in [2.75, 3.05) is 24.3 Å². The van der Waals surface area contributed by atoms with Gasteiger partial charge < -0.3 is 15.4 Å². The monoisotopic (exact) mass is 312 g/mol. The molecule has 21 heavy (non-hydrogen) atoms. The number of hydrogen-bond donors (Lipinski definition) is 1. The Labute approximate surface area is 132 Å². The van der Waals surface area contributed by atoms with Crippen LogP contribution in [0.2, 0.25) is 5.02 Å². The van der Waals surface area contributed by atoms with Crippen molar-refractivity contribution in [3.05, 3.63) is 22.7 Å². The van der Waals surface area contributed by atoms with Gasteiger partial charge in [-0.05, 0) is 31.9 Å². The van der Waals surface area contributed by atoms with Gasteiger partial charge in [-0.1, -0.05) is 31.9 Å². The number of nitrogen functional groups attached to an aromatic ring is 1. The van der Waals surface area contributed by atoms with Crippen molar-refractivity contribution in [3.8, 4) is 0 Å². The van der Waals surface area contributed by atoms with Gasteiger partial charge in [0.1, 0.15) is 0 Å². The maximum atomic E-state index is 12.1. The molecule has 0 saturated heterocycles. The Bertz CT molecular complexity index is 491. The smallest absolute Gasteiger partial charge is 0.340 e. The van der Waals surface area contributed by atoms with E-state index in [2.05, 4.69) is 25.7 Å². The second-order valence-corrected chi connectivity index (χ2v) is 5.60. The molecule has 4 nitrogen and oxygen atoms in total. The number of nitrogens with zero attached hydrogens (tertiary/aromatic N) is 1. The van der Waals surface area contributed by atoms with E-state index in [1.165, 1.54) is 7.11 Å². The van der Waals surface area contributed by atoms with Crippen LogP contribution in [0, 0.1) is 0 Å². The first-order valence-electron chi connectivity index (χ1n) is 7.40. The van der Waals surface area contributed by atoms with Crippen LogP contribution in [0.3, 0.4) is 0 Å². The molecular weight excluding hydrogens is 288 g/mol. The van der Waals surface area contributed by atoms with Gasteiger partial charge in [-0.2, -0.15) is 0 Å². The third kappa shape index (κ3) is 4.27. The minimum atomic E-state index is -0.413. The highest BCUT2D eigenvalue weighted by molar-refractivity contribution is 6.34. The first-order chi connectivity index (χ1) is 9.96. The number of carbonyl (C=O) groups is 1. The number of anilines is 2. The summed E-state index contributed by atoms with van der Waals surface area (Å²) in [6.07, 6.45) is 3.07. The third-order valence-electron chi connectivity index (χ3n) is 3.65. The lowest BCUT2D eigenvalue weighted by atomic mass is 10.1. The van der Waals surface area contributed by atoms with Gasteiger partial charge in [0.25, 0.3) is 0 Å². The highest BCUT2D eigenvalue weighted by Crippen LogP contribution is 2.35. The lowest BCUT2D eigenvalue weighted by Crippen LogP contribution is -2.35. The number of hydrogen-bond acceptors (Lipinski definition) is 4. The molecule has 0 heterocycles. The standard InChI is InChI=1S/C16H25ClN2O2/c1-5-7-8-19(11(3)6-2)15-13(16(20)21-4)9-12(18)10-14(15)17/h9-11H,5-8,18H2,1-4H3. The lowest BCUT2D eigenvalue weighted by Gasteiger charge is -2.33. The van der Waals surface area contributed by atoms with Crippen LogP contribution < -0.4 is 10.6 Å². The maximum absolute atomic E-state index is 12.1. The zero-order chi connectivity index (χ0) is 16.0. The van der Waals surface area contributed by atoms with Crippen molar-refractivity contribution in [3.63, 3.8) is 0 Å². The van der Waals surface area contributed by atoms with E-state index < -0.39 is 5.97 Å². The summed E-state index contributed by atoms with van der Waals surface area (Å²) in [7, 11) is 1.36. The first kappa shape index (κ1) is 17.6. The summed E-state index contributed by atoms with van der Waals surface area (Å²) in [5.41, 5.74) is 7.43. The topological polar surface area (TPSA) is 55.6 Å².